The summed E-state index contributed by atoms with van der Waals surface area (Å²) in [6, 6.07) is -0.0944. The Bertz CT molecular complexity index is 1490. The highest BCUT2D eigenvalue weighted by Crippen LogP contribution is 2.78. The second-order valence-electron chi connectivity index (χ2n) is 21.0. The second kappa shape index (κ2) is 14.0. The van der Waals surface area contributed by atoms with Gasteiger partial charge in [0, 0.05) is 31.0 Å². The van der Waals surface area contributed by atoms with Crippen LogP contribution in [0.25, 0.3) is 0 Å². The van der Waals surface area contributed by atoms with Gasteiger partial charge in [0.15, 0.2) is 0 Å². The van der Waals surface area contributed by atoms with Crippen molar-refractivity contribution in [1.29, 1.82) is 0 Å². The first-order valence-electron chi connectivity index (χ1n) is 20.9. The number of nitrogens with zero attached hydrogens (tertiary/aromatic N) is 1. The molecule has 6 rings (SSSR count). The number of esters is 1. The van der Waals surface area contributed by atoms with E-state index in [1.54, 1.807) is 0 Å². The Morgan fingerprint density at radius 1 is 0.868 bits per heavy atom. The van der Waals surface area contributed by atoms with Crippen LogP contribution in [0.2, 0.25) is 0 Å². The fourth-order valence-corrected chi connectivity index (χ4v) is 14.6. The molecule has 1 aliphatic heterocycles. The van der Waals surface area contributed by atoms with Crippen LogP contribution in [0, 0.1) is 62.1 Å². The van der Waals surface area contributed by atoms with Crippen molar-refractivity contribution < 1.29 is 34.1 Å². The summed E-state index contributed by atoms with van der Waals surface area (Å²) in [6.07, 6.45) is 12.1. The number of carboxylic acids is 1. The molecule has 5 aliphatic carbocycles. The molecule has 0 unspecified atom stereocenters. The van der Waals surface area contributed by atoms with Gasteiger partial charge in [-0.3, -0.25) is 19.2 Å². The molecule has 0 radical (unpaired) electrons. The molecule has 1 saturated heterocycles. The molecule has 0 aromatic heterocycles. The maximum Gasteiger partial charge on any atom is 0.306 e. The highest BCUT2D eigenvalue weighted by atomic mass is 16.5. The molecule has 9 heteroatoms. The Kier molecular flexibility index (Phi) is 10.6. The highest BCUT2D eigenvalue weighted by Gasteiger charge is 2.71. The van der Waals surface area contributed by atoms with Crippen molar-refractivity contribution in [2.45, 2.75) is 157 Å². The lowest BCUT2D eigenvalue weighted by Crippen LogP contribution is -2.67. The molecule has 0 aromatic carbocycles. The second-order valence-corrected chi connectivity index (χ2v) is 21.0. The normalized spacial score (nSPS) is 41.7. The van der Waals surface area contributed by atoms with Crippen LogP contribution >= 0.6 is 0 Å². The van der Waals surface area contributed by atoms with Gasteiger partial charge in [0.05, 0.1) is 12.8 Å². The van der Waals surface area contributed by atoms with Gasteiger partial charge in [-0.05, 0) is 134 Å². The van der Waals surface area contributed by atoms with Gasteiger partial charge in [-0.2, -0.15) is 0 Å². The minimum absolute atomic E-state index is 0.0232. The molecule has 6 fully saturated rings. The molecule has 0 aromatic rings. The predicted octanol–water partition coefficient (Wildman–Crippen LogP) is 7.55. The van der Waals surface area contributed by atoms with Crippen molar-refractivity contribution in [1.82, 2.24) is 10.2 Å². The summed E-state index contributed by atoms with van der Waals surface area (Å²) < 4.78 is 6.27. The lowest BCUT2D eigenvalue weighted by molar-refractivity contribution is -0.250. The van der Waals surface area contributed by atoms with Gasteiger partial charge < -0.3 is 25.2 Å². The van der Waals surface area contributed by atoms with E-state index in [-0.39, 0.29) is 69.8 Å². The van der Waals surface area contributed by atoms with Crippen LogP contribution in [0.4, 0.5) is 0 Å². The fraction of sp³-hybridized carbons (Fsp3) is 0.864. The Labute approximate surface area is 318 Å². The zero-order valence-electron chi connectivity index (χ0n) is 34.2. The summed E-state index contributed by atoms with van der Waals surface area (Å²) in [5.41, 5.74) is 0.841. The topological polar surface area (TPSA) is 133 Å². The largest absolute Gasteiger partial charge is 0.481 e. The zero-order valence-corrected chi connectivity index (χ0v) is 34.2. The molecule has 5 saturated carbocycles. The van der Waals surface area contributed by atoms with E-state index in [1.807, 2.05) is 18.7 Å². The molecule has 298 valence electrons. The Hall–Kier alpha value is -2.42. The number of rotatable bonds is 10. The third-order valence-electron chi connectivity index (χ3n) is 17.3. The van der Waals surface area contributed by atoms with Crippen LogP contribution in [0.1, 0.15) is 145 Å². The first-order valence-corrected chi connectivity index (χ1v) is 20.9. The molecule has 53 heavy (non-hydrogen) atoms. The van der Waals surface area contributed by atoms with Gasteiger partial charge in [-0.1, -0.05) is 60.6 Å². The summed E-state index contributed by atoms with van der Waals surface area (Å²) >= 11 is 0. The highest BCUT2D eigenvalue weighted by molar-refractivity contribution is 5.79. The lowest BCUT2D eigenvalue weighted by Gasteiger charge is -2.73. The molecular formula is C44H70N2O7. The fourth-order valence-electron chi connectivity index (χ4n) is 14.6. The third-order valence-corrected chi connectivity index (χ3v) is 17.3. The van der Waals surface area contributed by atoms with E-state index in [0.29, 0.717) is 49.1 Å². The van der Waals surface area contributed by atoms with Crippen molar-refractivity contribution in [3.8, 4) is 0 Å². The molecule has 2 amide bonds. The number of likely N-dealkylation sites (tertiary alicyclic amines) is 1. The smallest absolute Gasteiger partial charge is 0.306 e. The monoisotopic (exact) mass is 739 g/mol. The number of aliphatic hydroxyl groups is 1. The van der Waals surface area contributed by atoms with Gasteiger partial charge in [0.2, 0.25) is 11.8 Å². The third kappa shape index (κ3) is 6.79. The van der Waals surface area contributed by atoms with E-state index in [4.69, 9.17) is 4.74 Å². The van der Waals surface area contributed by atoms with Gasteiger partial charge in [-0.25, -0.2) is 0 Å². The minimum Gasteiger partial charge on any atom is -0.481 e. The zero-order chi connectivity index (χ0) is 38.9. The average molecular weight is 739 g/mol. The Morgan fingerprint density at radius 3 is 2.25 bits per heavy atom. The van der Waals surface area contributed by atoms with Crippen molar-refractivity contribution in [2.24, 2.45) is 62.1 Å². The molecule has 3 N–H and O–H groups in total. The maximum atomic E-state index is 14.1. The number of ether oxygens (including phenoxy) is 1. The summed E-state index contributed by atoms with van der Waals surface area (Å²) in [7, 11) is 0. The molecule has 1 heterocycles. The molecule has 9 nitrogen and oxygen atoms in total. The van der Waals surface area contributed by atoms with E-state index in [9.17, 15) is 29.4 Å². The van der Waals surface area contributed by atoms with Crippen LogP contribution in [0.5, 0.6) is 0 Å². The standard InChI is InChI=1S/C44H70N2O7/c1-27(2)29-12-18-44(22-35(49)46-21-15-28(25-46)45-34(48)26-47)20-19-42(8)30(38(29)44)10-11-32-41(7)16-14-33(40(5,6)31(41)13-17-43(32,42)9)53-37(52)24-39(3,4)23-36(50)51/h28-33,38,47H,1,10-26H2,2-9H3,(H,45,48)(H,50,51)/t28-,29+,30-,31+,32-,33+,38-,41+,42-,43-,44-/m1/s1. The number of allylic oxidation sites excluding steroid dienone is 1. The van der Waals surface area contributed by atoms with Crippen molar-refractivity contribution in [3.63, 3.8) is 0 Å². The van der Waals surface area contributed by atoms with E-state index < -0.39 is 18.0 Å². The van der Waals surface area contributed by atoms with Gasteiger partial charge in [0.25, 0.3) is 0 Å². The molecule has 0 spiro atoms. The Balaban J connectivity index is 1.21. The van der Waals surface area contributed by atoms with Gasteiger partial charge in [-0.15, -0.1) is 0 Å². The number of aliphatic carboxylic acids is 1. The molecule has 0 bridgehead atoms. The Morgan fingerprint density at radius 2 is 1.58 bits per heavy atom. The number of fused-ring (bicyclic) bond motifs is 7. The quantitative estimate of drug-likeness (QED) is 0.156. The first-order chi connectivity index (χ1) is 24.6. The summed E-state index contributed by atoms with van der Waals surface area (Å²) in [4.78, 5) is 52.6. The SMILES string of the molecule is C=C(C)[C@@H]1CC[C@]2(CC(=O)N3CC[C@@H](NC(=O)CO)C3)CC[C@]3(C)[C@H](CC[C@@H]4[C@@]5(C)CC[C@H](OC(=O)CC(C)(C)CC(=O)O)C(C)(C)[C@@H]5CC[C@]43C)[C@@H]12. The van der Waals surface area contributed by atoms with Crippen molar-refractivity contribution >= 4 is 23.8 Å². The molecular weight excluding hydrogens is 668 g/mol. The number of amides is 2. The van der Waals surface area contributed by atoms with E-state index >= 15 is 0 Å². The van der Waals surface area contributed by atoms with Crippen LogP contribution in [0.15, 0.2) is 12.2 Å². The number of nitrogens with one attached hydrogen (secondary N) is 1. The number of carboxylic acid groups (broad SMARTS) is 1. The summed E-state index contributed by atoms with van der Waals surface area (Å²) in [6.45, 7) is 23.5. The summed E-state index contributed by atoms with van der Waals surface area (Å²) in [5, 5.41) is 21.4. The average Bonchev–Trinajstić information content (AvgIpc) is 3.67. The number of carbonyl (C=O) groups is 4. The van der Waals surface area contributed by atoms with Crippen LogP contribution in [-0.4, -0.2) is 70.7 Å². The van der Waals surface area contributed by atoms with Gasteiger partial charge >= 0.3 is 11.9 Å². The van der Waals surface area contributed by atoms with Crippen molar-refractivity contribution in [3.05, 3.63) is 12.2 Å². The van der Waals surface area contributed by atoms with Crippen molar-refractivity contribution in [2.75, 3.05) is 19.7 Å². The van der Waals surface area contributed by atoms with E-state index in [2.05, 4.69) is 53.4 Å². The number of hydrogen-bond donors (Lipinski definition) is 3. The van der Waals surface area contributed by atoms with E-state index in [0.717, 1.165) is 57.8 Å². The van der Waals surface area contributed by atoms with Crippen LogP contribution < -0.4 is 5.32 Å². The maximum absolute atomic E-state index is 14.1. The summed E-state index contributed by atoms with van der Waals surface area (Å²) in [5.74, 6) is 1.06. The molecule has 11 atom stereocenters. The molecule has 6 aliphatic rings. The van der Waals surface area contributed by atoms with E-state index in [1.165, 1.54) is 18.4 Å². The number of aliphatic hydroxyl groups excluding tert-OH is 1. The lowest BCUT2D eigenvalue weighted by atomic mass is 9.32. The minimum atomic E-state index is -0.895. The van der Waals surface area contributed by atoms with Gasteiger partial charge in [0.1, 0.15) is 12.7 Å². The van der Waals surface area contributed by atoms with Crippen LogP contribution in [0.3, 0.4) is 0 Å². The first kappa shape index (κ1) is 40.2. The number of hydrogen-bond acceptors (Lipinski definition) is 6. The van der Waals surface area contributed by atoms with Crippen LogP contribution in [-0.2, 0) is 23.9 Å². The predicted molar refractivity (Wildman–Crippen MR) is 204 cm³/mol. The number of carbonyl (C=O) groups excluding carboxylic acids is 3.